The summed E-state index contributed by atoms with van der Waals surface area (Å²) in [6.07, 6.45) is 3.34. The number of carbonyl (C=O) groups is 2. The first kappa shape index (κ1) is 20.1. The molecule has 1 unspecified atom stereocenters. The smallest absolute Gasteiger partial charge is 0.242 e. The van der Waals surface area contributed by atoms with E-state index in [0.717, 1.165) is 25.7 Å². The minimum absolute atomic E-state index is 0.000199. The lowest BCUT2D eigenvalue weighted by molar-refractivity contribution is -0.306. The molecule has 0 saturated carbocycles. The molecule has 7 nitrogen and oxygen atoms in total. The molecule has 30 heavy (non-hydrogen) atoms. The Hall–Kier alpha value is -3.22. The van der Waals surface area contributed by atoms with Crippen molar-refractivity contribution in [2.24, 2.45) is 0 Å². The quantitative estimate of drug-likeness (QED) is 0.671. The van der Waals surface area contributed by atoms with E-state index in [1.165, 1.54) is 12.1 Å². The summed E-state index contributed by atoms with van der Waals surface area (Å²) in [6, 6.07) is 10.0. The van der Waals surface area contributed by atoms with E-state index in [4.69, 9.17) is 9.47 Å². The predicted octanol–water partition coefficient (Wildman–Crippen LogP) is 2.47. The average Bonchev–Trinajstić information content (AvgIpc) is 3.26. The fraction of sp³-hybridized carbons (Fsp3) is 0.391. The SMILES string of the molecule is CCCCCCN1C(=O)C(CC(=O)[O-])(c2cc3c(cc2O)OCO3)c2ccccc21. The number of benzene rings is 2. The molecule has 2 aliphatic rings. The van der Waals surface area contributed by atoms with Gasteiger partial charge in [-0.05, 0) is 24.1 Å². The fourth-order valence-corrected chi connectivity index (χ4v) is 4.46. The van der Waals surface area contributed by atoms with E-state index in [-0.39, 0.29) is 24.0 Å². The summed E-state index contributed by atoms with van der Waals surface area (Å²) in [5.41, 5.74) is -0.198. The molecule has 0 bridgehead atoms. The first-order valence-electron chi connectivity index (χ1n) is 10.2. The van der Waals surface area contributed by atoms with Crippen LogP contribution in [0.25, 0.3) is 0 Å². The minimum Gasteiger partial charge on any atom is -0.550 e. The van der Waals surface area contributed by atoms with Crippen LogP contribution in [0.5, 0.6) is 17.2 Å². The second kappa shape index (κ2) is 7.89. The molecule has 7 heteroatoms. The van der Waals surface area contributed by atoms with Crippen molar-refractivity contribution >= 4 is 17.6 Å². The fourth-order valence-electron chi connectivity index (χ4n) is 4.46. The van der Waals surface area contributed by atoms with Crippen LogP contribution in [0.3, 0.4) is 0 Å². The van der Waals surface area contributed by atoms with Gasteiger partial charge < -0.3 is 29.4 Å². The van der Waals surface area contributed by atoms with Crippen molar-refractivity contribution in [2.75, 3.05) is 18.2 Å². The van der Waals surface area contributed by atoms with Crippen molar-refractivity contribution in [3.8, 4) is 17.2 Å². The number of phenols is 1. The van der Waals surface area contributed by atoms with E-state index in [2.05, 4.69) is 6.92 Å². The zero-order chi connectivity index (χ0) is 21.3. The van der Waals surface area contributed by atoms with E-state index in [1.54, 1.807) is 17.0 Å². The highest BCUT2D eigenvalue weighted by atomic mass is 16.7. The topological polar surface area (TPSA) is 99.1 Å². The number of phenolic OH excluding ortho intramolecular Hbond substituents is 1. The van der Waals surface area contributed by atoms with Crippen molar-refractivity contribution in [1.29, 1.82) is 0 Å². The number of rotatable bonds is 8. The summed E-state index contributed by atoms with van der Waals surface area (Å²) in [7, 11) is 0. The molecular formula is C23H24NO6-. The Bertz CT molecular complexity index is 988. The first-order chi connectivity index (χ1) is 14.5. The van der Waals surface area contributed by atoms with Gasteiger partial charge in [-0.1, -0.05) is 44.4 Å². The molecule has 0 radical (unpaired) electrons. The Morgan fingerprint density at radius 3 is 2.60 bits per heavy atom. The second-order valence-corrected chi connectivity index (χ2v) is 7.71. The molecular weight excluding hydrogens is 386 g/mol. The summed E-state index contributed by atoms with van der Waals surface area (Å²) in [5, 5.41) is 22.6. The summed E-state index contributed by atoms with van der Waals surface area (Å²) < 4.78 is 10.7. The Labute approximate surface area is 174 Å². The maximum absolute atomic E-state index is 13.8. The van der Waals surface area contributed by atoms with Crippen LogP contribution in [0.2, 0.25) is 0 Å². The molecule has 2 aliphatic heterocycles. The molecule has 0 fully saturated rings. The Morgan fingerprint density at radius 1 is 1.13 bits per heavy atom. The summed E-state index contributed by atoms with van der Waals surface area (Å²) >= 11 is 0. The monoisotopic (exact) mass is 410 g/mol. The number of fused-ring (bicyclic) bond motifs is 2. The Kier molecular flexibility index (Phi) is 5.28. The molecule has 158 valence electrons. The number of aromatic hydroxyl groups is 1. The third kappa shape index (κ3) is 3.14. The van der Waals surface area contributed by atoms with Crippen molar-refractivity contribution in [3.05, 3.63) is 47.5 Å². The lowest BCUT2D eigenvalue weighted by Gasteiger charge is -2.30. The van der Waals surface area contributed by atoms with Gasteiger partial charge in [0, 0.05) is 36.3 Å². The highest BCUT2D eigenvalue weighted by molar-refractivity contribution is 6.12. The van der Waals surface area contributed by atoms with Gasteiger partial charge >= 0.3 is 0 Å². The molecule has 2 heterocycles. The van der Waals surface area contributed by atoms with Gasteiger partial charge in [0.2, 0.25) is 12.7 Å². The number of hydrogen-bond acceptors (Lipinski definition) is 6. The van der Waals surface area contributed by atoms with Gasteiger partial charge in [-0.25, -0.2) is 0 Å². The number of nitrogens with zero attached hydrogens (tertiary/aromatic N) is 1. The number of carboxylic acids is 1. The second-order valence-electron chi connectivity index (χ2n) is 7.71. The maximum Gasteiger partial charge on any atom is 0.242 e. The first-order valence-corrected chi connectivity index (χ1v) is 10.2. The zero-order valence-corrected chi connectivity index (χ0v) is 16.8. The van der Waals surface area contributed by atoms with E-state index in [1.807, 2.05) is 12.1 Å². The largest absolute Gasteiger partial charge is 0.550 e. The van der Waals surface area contributed by atoms with Crippen LogP contribution in [-0.2, 0) is 15.0 Å². The standard InChI is InChI=1S/C23H25NO6/c1-2-3-4-7-10-24-17-9-6-5-8-15(17)23(22(24)28,13-21(26)27)16-11-19-20(12-18(16)25)30-14-29-19/h5-6,8-9,11-12,25H,2-4,7,10,13-14H2,1H3,(H,26,27)/p-1. The zero-order valence-electron chi connectivity index (χ0n) is 16.8. The van der Waals surface area contributed by atoms with Gasteiger partial charge in [-0.2, -0.15) is 0 Å². The van der Waals surface area contributed by atoms with Gasteiger partial charge in [0.1, 0.15) is 11.2 Å². The van der Waals surface area contributed by atoms with Crippen LogP contribution in [0.1, 0.15) is 50.2 Å². The van der Waals surface area contributed by atoms with Crippen molar-refractivity contribution in [2.45, 2.75) is 44.4 Å². The molecule has 2 aromatic rings. The van der Waals surface area contributed by atoms with Crippen LogP contribution in [0.15, 0.2) is 36.4 Å². The van der Waals surface area contributed by atoms with E-state index in [9.17, 15) is 19.8 Å². The number of carboxylic acid groups (broad SMARTS) is 1. The number of amides is 1. The number of unbranched alkanes of at least 4 members (excludes halogenated alkanes) is 3. The average molecular weight is 410 g/mol. The van der Waals surface area contributed by atoms with Gasteiger partial charge in [0.05, 0.1) is 0 Å². The minimum atomic E-state index is -1.59. The highest BCUT2D eigenvalue weighted by Crippen LogP contribution is 2.53. The van der Waals surface area contributed by atoms with Crippen molar-refractivity contribution in [1.82, 2.24) is 0 Å². The van der Waals surface area contributed by atoms with Crippen LogP contribution in [0.4, 0.5) is 5.69 Å². The predicted molar refractivity (Wildman–Crippen MR) is 108 cm³/mol. The normalized spacial score (nSPS) is 19.2. The number of anilines is 1. The van der Waals surface area contributed by atoms with Crippen LogP contribution >= 0.6 is 0 Å². The lowest BCUT2D eigenvalue weighted by Crippen LogP contribution is -2.45. The van der Waals surface area contributed by atoms with E-state index >= 15 is 0 Å². The summed E-state index contributed by atoms with van der Waals surface area (Å²) in [4.78, 5) is 27.2. The molecule has 1 atom stereocenters. The van der Waals surface area contributed by atoms with Crippen molar-refractivity contribution < 1.29 is 29.3 Å². The number of para-hydroxylation sites is 1. The molecule has 4 rings (SSSR count). The molecule has 1 amide bonds. The van der Waals surface area contributed by atoms with Crippen LogP contribution < -0.4 is 19.5 Å². The molecule has 2 aromatic carbocycles. The summed E-state index contributed by atoms with van der Waals surface area (Å²) in [6.45, 7) is 2.60. The van der Waals surface area contributed by atoms with E-state index in [0.29, 0.717) is 29.3 Å². The lowest BCUT2D eigenvalue weighted by atomic mass is 9.72. The molecule has 0 aromatic heterocycles. The van der Waals surface area contributed by atoms with Crippen LogP contribution in [-0.4, -0.2) is 30.3 Å². The number of ether oxygens (including phenoxy) is 2. The summed E-state index contributed by atoms with van der Waals surface area (Å²) in [5.74, 6) is -1.24. The van der Waals surface area contributed by atoms with E-state index < -0.39 is 17.8 Å². The Morgan fingerprint density at radius 2 is 1.87 bits per heavy atom. The van der Waals surface area contributed by atoms with Gasteiger partial charge in [0.15, 0.2) is 11.5 Å². The third-order valence-corrected chi connectivity index (χ3v) is 5.86. The number of hydrogen-bond donors (Lipinski definition) is 1. The maximum atomic E-state index is 13.8. The molecule has 0 aliphatic carbocycles. The number of aliphatic carboxylic acids is 1. The molecule has 0 saturated heterocycles. The number of carbonyl (C=O) groups excluding carboxylic acids is 2. The van der Waals surface area contributed by atoms with Crippen LogP contribution in [0, 0.1) is 0 Å². The van der Waals surface area contributed by atoms with Gasteiger partial charge in [0.25, 0.3) is 0 Å². The molecule has 0 spiro atoms. The highest BCUT2D eigenvalue weighted by Gasteiger charge is 2.53. The molecule has 1 N–H and O–H groups in total. The van der Waals surface area contributed by atoms with Gasteiger partial charge in [-0.3, -0.25) is 4.79 Å². The Balaban J connectivity index is 1.85. The van der Waals surface area contributed by atoms with Crippen molar-refractivity contribution in [3.63, 3.8) is 0 Å². The van der Waals surface area contributed by atoms with Gasteiger partial charge in [-0.15, -0.1) is 0 Å². The third-order valence-electron chi connectivity index (χ3n) is 5.86.